The van der Waals surface area contributed by atoms with Gasteiger partial charge in [0.05, 0.1) is 0 Å². The molecule has 1 aromatic heterocycles. The number of ether oxygens (including phenoxy) is 1. The smallest absolute Gasteiger partial charge is 0.320 e. The zero-order valence-corrected chi connectivity index (χ0v) is 13.4. The lowest BCUT2D eigenvalue weighted by molar-refractivity contribution is 0.190. The normalized spacial score (nSPS) is 12.0. The molecule has 0 saturated heterocycles. The van der Waals surface area contributed by atoms with E-state index in [1.165, 1.54) is 11.1 Å². The zero-order chi connectivity index (χ0) is 16.2. The minimum absolute atomic E-state index is 0.321. The number of aryl methyl sites for hydroxylation is 2. The molecule has 1 heterocycles. The van der Waals surface area contributed by atoms with Crippen molar-refractivity contribution in [2.75, 3.05) is 5.32 Å². The number of hydrogen-bond acceptors (Lipinski definition) is 5. The molecule has 0 amide bonds. The fourth-order valence-electron chi connectivity index (χ4n) is 2.08. The maximum Gasteiger partial charge on any atom is 0.320 e. The molecule has 3 rings (SSSR count). The number of nitrogens with one attached hydrogen (secondary N) is 1. The third-order valence-electron chi connectivity index (χ3n) is 3.43. The van der Waals surface area contributed by atoms with E-state index >= 15 is 0 Å². The Morgan fingerprint density at radius 1 is 0.913 bits per heavy atom. The van der Waals surface area contributed by atoms with Crippen LogP contribution in [0.1, 0.15) is 30.0 Å². The van der Waals surface area contributed by atoms with Gasteiger partial charge in [0.2, 0.25) is 0 Å². The average molecular weight is 309 g/mol. The molecule has 0 aliphatic carbocycles. The fraction of sp³-hybridized carbons (Fsp3) is 0.222. The molecular weight excluding hydrogens is 290 g/mol. The number of nitrogens with zero attached hydrogens (tertiary/aromatic N) is 2. The molecular formula is C18H19N3O2. The molecule has 23 heavy (non-hydrogen) atoms. The van der Waals surface area contributed by atoms with Crippen LogP contribution >= 0.6 is 0 Å². The predicted molar refractivity (Wildman–Crippen MR) is 89.0 cm³/mol. The van der Waals surface area contributed by atoms with E-state index < -0.39 is 0 Å². The second-order valence-electron chi connectivity index (χ2n) is 5.51. The number of aromatic nitrogens is 2. The summed E-state index contributed by atoms with van der Waals surface area (Å²) >= 11 is 0. The Hall–Kier alpha value is -2.82. The summed E-state index contributed by atoms with van der Waals surface area (Å²) in [6.07, 6.45) is -0.321. The largest absolute Gasteiger partial charge is 0.481 e. The van der Waals surface area contributed by atoms with Crippen molar-refractivity contribution in [3.63, 3.8) is 0 Å². The molecule has 0 fully saturated rings. The van der Waals surface area contributed by atoms with Gasteiger partial charge in [0, 0.05) is 5.69 Å². The quantitative estimate of drug-likeness (QED) is 0.748. The minimum Gasteiger partial charge on any atom is -0.481 e. The summed E-state index contributed by atoms with van der Waals surface area (Å²) in [5.41, 5.74) is 3.28. The highest BCUT2D eigenvalue weighted by Crippen LogP contribution is 2.23. The molecule has 5 nitrogen and oxygen atoms in total. The van der Waals surface area contributed by atoms with Crippen molar-refractivity contribution >= 4 is 11.7 Å². The van der Waals surface area contributed by atoms with E-state index in [1.807, 2.05) is 69.3 Å². The van der Waals surface area contributed by atoms with Crippen molar-refractivity contribution < 1.29 is 9.15 Å². The molecule has 1 N–H and O–H groups in total. The molecule has 5 heteroatoms. The second-order valence-corrected chi connectivity index (χ2v) is 5.51. The van der Waals surface area contributed by atoms with Gasteiger partial charge in [-0.2, -0.15) is 0 Å². The van der Waals surface area contributed by atoms with Gasteiger partial charge in [0.15, 0.2) is 6.10 Å². The number of hydrogen-bond donors (Lipinski definition) is 1. The van der Waals surface area contributed by atoms with Crippen molar-refractivity contribution in [3.8, 4) is 5.75 Å². The predicted octanol–water partition coefficient (Wildman–Crippen LogP) is 4.57. The maximum absolute atomic E-state index is 5.81. The van der Waals surface area contributed by atoms with E-state index in [2.05, 4.69) is 15.5 Å². The van der Waals surface area contributed by atoms with Crippen LogP contribution < -0.4 is 10.1 Å². The number of anilines is 2. The van der Waals surface area contributed by atoms with Gasteiger partial charge in [-0.15, -0.1) is 5.10 Å². The Balaban J connectivity index is 1.66. The van der Waals surface area contributed by atoms with Crippen LogP contribution in [0.3, 0.4) is 0 Å². The lowest BCUT2D eigenvalue weighted by atomic mass is 10.2. The first kappa shape index (κ1) is 15.1. The van der Waals surface area contributed by atoms with Gasteiger partial charge in [0.25, 0.3) is 5.89 Å². The van der Waals surface area contributed by atoms with E-state index in [0.29, 0.717) is 11.9 Å². The van der Waals surface area contributed by atoms with Crippen molar-refractivity contribution in [1.82, 2.24) is 10.2 Å². The van der Waals surface area contributed by atoms with E-state index in [1.54, 1.807) is 0 Å². The van der Waals surface area contributed by atoms with Crippen LogP contribution in [0.15, 0.2) is 52.9 Å². The number of benzene rings is 2. The van der Waals surface area contributed by atoms with Gasteiger partial charge in [-0.05, 0) is 45.0 Å². The topological polar surface area (TPSA) is 60.2 Å². The van der Waals surface area contributed by atoms with Crippen LogP contribution in [-0.2, 0) is 0 Å². The molecule has 0 spiro atoms. The van der Waals surface area contributed by atoms with Crippen LogP contribution in [-0.4, -0.2) is 10.2 Å². The highest BCUT2D eigenvalue weighted by molar-refractivity contribution is 5.52. The van der Waals surface area contributed by atoms with Gasteiger partial charge >= 0.3 is 6.01 Å². The van der Waals surface area contributed by atoms with Crippen LogP contribution in [0.25, 0.3) is 0 Å². The summed E-state index contributed by atoms with van der Waals surface area (Å²) in [5.74, 6) is 1.20. The molecule has 0 aliphatic rings. The highest BCUT2D eigenvalue weighted by atomic mass is 16.5. The van der Waals surface area contributed by atoms with Gasteiger partial charge in [-0.1, -0.05) is 40.5 Å². The molecule has 1 unspecified atom stereocenters. The molecule has 0 saturated carbocycles. The van der Waals surface area contributed by atoms with Gasteiger partial charge in [-0.25, -0.2) is 0 Å². The standard InChI is InChI=1S/C18H19N3O2/c1-12-4-8-15(9-5-12)19-18-21-20-17(23-18)14(3)22-16-10-6-13(2)7-11-16/h4-11,14H,1-3H3,(H,19,21). The van der Waals surface area contributed by atoms with Crippen LogP contribution in [0, 0.1) is 13.8 Å². The lowest BCUT2D eigenvalue weighted by Gasteiger charge is -2.10. The van der Waals surface area contributed by atoms with Crippen LogP contribution in [0.4, 0.5) is 11.7 Å². The molecule has 3 aromatic rings. The summed E-state index contributed by atoms with van der Waals surface area (Å²) < 4.78 is 11.4. The summed E-state index contributed by atoms with van der Waals surface area (Å²) in [6.45, 7) is 5.95. The molecule has 1 atom stereocenters. The first-order valence-electron chi connectivity index (χ1n) is 7.50. The highest BCUT2D eigenvalue weighted by Gasteiger charge is 2.15. The van der Waals surface area contributed by atoms with Crippen LogP contribution in [0.2, 0.25) is 0 Å². The third-order valence-corrected chi connectivity index (χ3v) is 3.43. The average Bonchev–Trinajstić information content (AvgIpc) is 3.00. The summed E-state index contributed by atoms with van der Waals surface area (Å²) in [4.78, 5) is 0. The minimum atomic E-state index is -0.321. The van der Waals surface area contributed by atoms with Crippen LogP contribution in [0.5, 0.6) is 5.75 Å². The molecule has 0 bridgehead atoms. The van der Waals surface area contributed by atoms with E-state index in [-0.39, 0.29) is 6.10 Å². The second kappa shape index (κ2) is 6.52. The Kier molecular flexibility index (Phi) is 4.28. The summed E-state index contributed by atoms with van der Waals surface area (Å²) in [7, 11) is 0. The molecule has 0 radical (unpaired) electrons. The van der Waals surface area contributed by atoms with Crippen molar-refractivity contribution in [3.05, 3.63) is 65.5 Å². The number of rotatable bonds is 5. The Morgan fingerprint density at radius 2 is 1.52 bits per heavy atom. The van der Waals surface area contributed by atoms with Crippen molar-refractivity contribution in [2.24, 2.45) is 0 Å². The first-order valence-corrected chi connectivity index (χ1v) is 7.50. The monoisotopic (exact) mass is 309 g/mol. The van der Waals surface area contributed by atoms with Crippen molar-refractivity contribution in [1.29, 1.82) is 0 Å². The van der Waals surface area contributed by atoms with Crippen molar-refractivity contribution in [2.45, 2.75) is 26.9 Å². The maximum atomic E-state index is 5.81. The summed E-state index contributed by atoms with van der Waals surface area (Å²) in [6, 6.07) is 16.2. The van der Waals surface area contributed by atoms with E-state index in [0.717, 1.165) is 11.4 Å². The van der Waals surface area contributed by atoms with Gasteiger partial charge < -0.3 is 14.5 Å². The SMILES string of the molecule is Cc1ccc(Nc2nnc(C(C)Oc3ccc(C)cc3)o2)cc1. The Morgan fingerprint density at radius 3 is 2.17 bits per heavy atom. The van der Waals surface area contributed by atoms with Gasteiger partial charge in [0.1, 0.15) is 5.75 Å². The third kappa shape index (κ3) is 3.88. The summed E-state index contributed by atoms with van der Waals surface area (Å²) in [5, 5.41) is 11.1. The van der Waals surface area contributed by atoms with E-state index in [4.69, 9.17) is 9.15 Å². The van der Waals surface area contributed by atoms with E-state index in [9.17, 15) is 0 Å². The Bertz CT molecular complexity index is 764. The lowest BCUT2D eigenvalue weighted by Crippen LogP contribution is -2.03. The fourth-order valence-corrected chi connectivity index (χ4v) is 2.08. The molecule has 0 aliphatic heterocycles. The Labute approximate surface area is 135 Å². The first-order chi connectivity index (χ1) is 11.1. The van der Waals surface area contributed by atoms with Gasteiger partial charge in [-0.3, -0.25) is 0 Å². The molecule has 118 valence electrons. The molecule has 2 aromatic carbocycles. The zero-order valence-electron chi connectivity index (χ0n) is 13.4.